The van der Waals surface area contributed by atoms with Crippen molar-refractivity contribution in [2.24, 2.45) is 0 Å². The van der Waals surface area contributed by atoms with Crippen LogP contribution in [-0.2, 0) is 32.0 Å². The van der Waals surface area contributed by atoms with Gasteiger partial charge < -0.3 is 25.2 Å². The Bertz CT molecular complexity index is 874. The molecule has 0 saturated carbocycles. The van der Waals surface area contributed by atoms with Gasteiger partial charge in [-0.2, -0.15) is 0 Å². The van der Waals surface area contributed by atoms with Crippen molar-refractivity contribution < 1.29 is 41.7 Å². The molecular formula is C12H18N5O9P2. The first-order chi connectivity index (χ1) is 13.2. The van der Waals surface area contributed by atoms with E-state index in [2.05, 4.69) is 24.3 Å². The zero-order valence-corrected chi connectivity index (χ0v) is 16.5. The molecule has 0 aromatic carbocycles. The standard InChI is InChI=1S/C12H18N5O9P2/c1-22-27(18,19)25-5-3-6-17-11-7(10(13)14-4-15-11)16-12(17)9(8(5)24-6)26-28(20,21)23-2/h4-6,8-9,12H,3H2,1-2H3,(H,18,19)(H,20,21)(H2,13,14,15)/t5-,6+,8-,9+,12+/m0/s1. The molecule has 155 valence electrons. The third-order valence-corrected chi connectivity index (χ3v) is 6.62. The Morgan fingerprint density at radius 1 is 1.21 bits per heavy atom. The number of anilines is 2. The zero-order chi connectivity index (χ0) is 20.3. The molecule has 1 aromatic rings. The number of phosphoric ester groups is 2. The molecule has 0 spiro atoms. The summed E-state index contributed by atoms with van der Waals surface area (Å²) in [6.07, 6.45) is -3.34. The first kappa shape index (κ1) is 20.0. The topological polar surface area (TPSA) is 190 Å². The van der Waals surface area contributed by atoms with E-state index in [-0.39, 0.29) is 12.2 Å². The molecule has 7 atom stereocenters. The molecule has 1 radical (unpaired) electrons. The summed E-state index contributed by atoms with van der Waals surface area (Å²) in [6, 6.07) is 0. The van der Waals surface area contributed by atoms with Gasteiger partial charge in [-0.05, 0) is 0 Å². The third kappa shape index (κ3) is 3.30. The minimum atomic E-state index is -4.47. The molecule has 1 aromatic heterocycles. The molecule has 0 amide bonds. The zero-order valence-electron chi connectivity index (χ0n) is 14.7. The van der Waals surface area contributed by atoms with E-state index in [1.807, 2.05) is 0 Å². The number of fused-ring (bicyclic) bond motifs is 6. The summed E-state index contributed by atoms with van der Waals surface area (Å²) in [4.78, 5) is 29.2. The number of nitrogen functional groups attached to an aromatic ring is 1. The minimum Gasteiger partial charge on any atom is -0.382 e. The highest BCUT2D eigenvalue weighted by Gasteiger charge is 2.60. The van der Waals surface area contributed by atoms with Gasteiger partial charge in [-0.3, -0.25) is 18.1 Å². The fourth-order valence-electron chi connectivity index (χ4n) is 3.48. The van der Waals surface area contributed by atoms with Gasteiger partial charge in [0.25, 0.3) is 0 Å². The molecule has 2 fully saturated rings. The molecular weight excluding hydrogens is 420 g/mol. The Hall–Kier alpha value is -1.34. The monoisotopic (exact) mass is 438 g/mol. The second-order valence-electron chi connectivity index (χ2n) is 6.19. The van der Waals surface area contributed by atoms with Crippen LogP contribution >= 0.6 is 15.6 Å². The highest BCUT2D eigenvalue weighted by molar-refractivity contribution is 7.47. The van der Waals surface area contributed by atoms with Crippen LogP contribution in [0, 0.1) is 0 Å². The van der Waals surface area contributed by atoms with Crippen LogP contribution in [0.2, 0.25) is 0 Å². The summed E-state index contributed by atoms with van der Waals surface area (Å²) in [7, 11) is -6.80. The second-order valence-corrected chi connectivity index (χ2v) is 9.21. The van der Waals surface area contributed by atoms with Gasteiger partial charge in [0.05, 0.1) is 0 Å². The maximum absolute atomic E-state index is 12.1. The van der Waals surface area contributed by atoms with Crippen LogP contribution in [0.25, 0.3) is 0 Å². The summed E-state index contributed by atoms with van der Waals surface area (Å²) in [5, 5.41) is 4.43. The average molecular weight is 438 g/mol. The highest BCUT2D eigenvalue weighted by Crippen LogP contribution is 2.55. The van der Waals surface area contributed by atoms with Crippen LogP contribution < -0.4 is 16.0 Å². The molecule has 28 heavy (non-hydrogen) atoms. The number of hydrogen-bond donors (Lipinski definition) is 3. The summed E-state index contributed by atoms with van der Waals surface area (Å²) >= 11 is 0. The van der Waals surface area contributed by atoms with Gasteiger partial charge >= 0.3 is 15.6 Å². The predicted octanol–water partition coefficient (Wildman–Crippen LogP) is -0.167. The Morgan fingerprint density at radius 2 is 1.89 bits per heavy atom. The Balaban J connectivity index is 1.71. The van der Waals surface area contributed by atoms with Gasteiger partial charge in [0.15, 0.2) is 17.8 Å². The molecule has 14 nitrogen and oxygen atoms in total. The first-order valence-electron chi connectivity index (χ1n) is 8.05. The van der Waals surface area contributed by atoms with E-state index in [4.69, 9.17) is 19.5 Å². The van der Waals surface area contributed by atoms with Gasteiger partial charge in [-0.1, -0.05) is 0 Å². The molecule has 4 heterocycles. The summed E-state index contributed by atoms with van der Waals surface area (Å²) < 4.78 is 49.2. The summed E-state index contributed by atoms with van der Waals surface area (Å²) in [5.41, 5.74) is 6.15. The van der Waals surface area contributed by atoms with Gasteiger partial charge in [0.1, 0.15) is 36.6 Å². The minimum absolute atomic E-state index is 0.122. The number of ether oxygens (including phenoxy) is 1. The maximum Gasteiger partial charge on any atom is 0.472 e. The van der Waals surface area contributed by atoms with Crippen molar-refractivity contribution in [3.8, 4) is 0 Å². The van der Waals surface area contributed by atoms with E-state index >= 15 is 0 Å². The molecule has 2 saturated heterocycles. The van der Waals surface area contributed by atoms with Crippen molar-refractivity contribution in [2.45, 2.75) is 37.1 Å². The fourth-order valence-corrected chi connectivity index (χ4v) is 4.73. The van der Waals surface area contributed by atoms with E-state index in [9.17, 15) is 18.9 Å². The molecule has 4 rings (SSSR count). The summed E-state index contributed by atoms with van der Waals surface area (Å²) in [6.45, 7) is 0. The van der Waals surface area contributed by atoms with Crippen molar-refractivity contribution in [3.05, 3.63) is 6.33 Å². The molecule has 0 aliphatic carbocycles. The number of hydrogen-bond acceptors (Lipinski definition) is 11. The largest absolute Gasteiger partial charge is 0.472 e. The van der Waals surface area contributed by atoms with Crippen LogP contribution in [0.5, 0.6) is 0 Å². The van der Waals surface area contributed by atoms with E-state index in [1.165, 1.54) is 6.33 Å². The SMILES string of the molecule is COP(=O)(O)O[C@@H]1[C@H]2O[C@H](C[C@@H]2OP(=O)(O)OC)N2c3ncnc(N)c3[N][C@@H]12. The predicted molar refractivity (Wildman–Crippen MR) is 91.2 cm³/mol. The molecule has 4 N–H and O–H groups in total. The smallest absolute Gasteiger partial charge is 0.382 e. The lowest BCUT2D eigenvalue weighted by atomic mass is 10.1. The van der Waals surface area contributed by atoms with E-state index in [1.54, 1.807) is 4.90 Å². The number of nitrogens with two attached hydrogens (primary N) is 1. The molecule has 2 unspecified atom stereocenters. The number of rotatable bonds is 6. The maximum atomic E-state index is 12.1. The first-order valence-corrected chi connectivity index (χ1v) is 11.0. The van der Waals surface area contributed by atoms with E-state index < -0.39 is 46.4 Å². The van der Waals surface area contributed by atoms with Gasteiger partial charge in [-0.15, -0.1) is 0 Å². The molecule has 3 aliphatic rings. The van der Waals surface area contributed by atoms with Gasteiger partial charge in [0.2, 0.25) is 0 Å². The van der Waals surface area contributed by atoms with Crippen molar-refractivity contribution in [1.82, 2.24) is 15.3 Å². The Morgan fingerprint density at radius 3 is 2.57 bits per heavy atom. The second kappa shape index (κ2) is 6.87. The lowest BCUT2D eigenvalue weighted by Crippen LogP contribution is -2.59. The van der Waals surface area contributed by atoms with E-state index in [0.717, 1.165) is 14.2 Å². The normalized spacial score (nSPS) is 34.9. The van der Waals surface area contributed by atoms with Crippen molar-refractivity contribution in [1.29, 1.82) is 0 Å². The van der Waals surface area contributed by atoms with Gasteiger partial charge in [0, 0.05) is 20.6 Å². The van der Waals surface area contributed by atoms with Crippen LogP contribution in [0.15, 0.2) is 6.33 Å². The fraction of sp³-hybridized carbons (Fsp3) is 0.667. The quantitative estimate of drug-likeness (QED) is 0.497. The van der Waals surface area contributed by atoms with Crippen LogP contribution in [0.3, 0.4) is 0 Å². The number of nitrogens with zero attached hydrogens (tertiary/aromatic N) is 4. The van der Waals surface area contributed by atoms with Crippen molar-refractivity contribution in [3.63, 3.8) is 0 Å². The van der Waals surface area contributed by atoms with E-state index in [0.29, 0.717) is 11.5 Å². The molecule has 2 bridgehead atoms. The number of phosphoric acid groups is 2. The van der Waals surface area contributed by atoms with Gasteiger partial charge in [-0.25, -0.2) is 24.4 Å². The molecule has 16 heteroatoms. The highest BCUT2D eigenvalue weighted by atomic mass is 31.2. The van der Waals surface area contributed by atoms with Crippen LogP contribution in [-0.4, -0.2) is 64.7 Å². The average Bonchev–Trinajstić information content (AvgIpc) is 3.19. The lowest BCUT2D eigenvalue weighted by Gasteiger charge is -2.41. The number of aromatic nitrogens is 2. The van der Waals surface area contributed by atoms with Crippen LogP contribution in [0.1, 0.15) is 6.42 Å². The summed E-state index contributed by atoms with van der Waals surface area (Å²) in [5.74, 6) is 0.472. The van der Waals surface area contributed by atoms with Crippen molar-refractivity contribution in [2.75, 3.05) is 24.9 Å². The Labute approximate surface area is 159 Å². The van der Waals surface area contributed by atoms with Crippen molar-refractivity contribution >= 4 is 33.0 Å². The van der Waals surface area contributed by atoms with Crippen LogP contribution in [0.4, 0.5) is 17.3 Å². The molecule has 3 aliphatic heterocycles. The Kier molecular flexibility index (Phi) is 4.90. The third-order valence-electron chi connectivity index (χ3n) is 4.65. The lowest BCUT2D eigenvalue weighted by molar-refractivity contribution is -0.103.